The molecule has 178 valence electrons. The Labute approximate surface area is 196 Å². The van der Waals surface area contributed by atoms with E-state index in [0.29, 0.717) is 38.6 Å². The average Bonchev–Trinajstić information content (AvgIpc) is 2.75. The number of rotatable bonds is 6. The topological polar surface area (TPSA) is 74.7 Å². The Morgan fingerprint density at radius 2 is 1.61 bits per heavy atom. The number of carbonyl (C=O) groups excluding carboxylic acids is 2. The summed E-state index contributed by atoms with van der Waals surface area (Å²) in [7, 11) is 0. The number of amides is 2. The fourth-order valence-electron chi connectivity index (χ4n) is 4.19. The van der Waals surface area contributed by atoms with Crippen LogP contribution >= 0.6 is 0 Å². The lowest BCUT2D eigenvalue weighted by atomic mass is 10.1. The molecular weight excluding hydrogens is 416 g/mol. The van der Waals surface area contributed by atoms with Crippen molar-refractivity contribution in [1.82, 2.24) is 14.8 Å². The summed E-state index contributed by atoms with van der Waals surface area (Å²) in [5.41, 5.74) is 3.18. The number of pyridine rings is 1. The molecule has 33 heavy (non-hydrogen) atoms. The first kappa shape index (κ1) is 24.6. The third-order valence-electron chi connectivity index (χ3n) is 5.82. The summed E-state index contributed by atoms with van der Waals surface area (Å²) in [6.07, 6.45) is 3.17. The zero-order chi connectivity index (χ0) is 24.3. The normalized spacial score (nSPS) is 14.2. The maximum Gasteiger partial charge on any atom is 0.259 e. The van der Waals surface area contributed by atoms with E-state index in [-0.39, 0.29) is 23.1 Å². The molecule has 0 unspecified atom stereocenters. The lowest BCUT2D eigenvalue weighted by Crippen LogP contribution is -2.50. The van der Waals surface area contributed by atoms with Crippen molar-refractivity contribution in [3.8, 4) is 0 Å². The number of anilines is 1. The molecule has 2 aromatic rings. The van der Waals surface area contributed by atoms with Crippen LogP contribution in [0, 0.1) is 19.8 Å². The molecule has 3 rings (SSSR count). The van der Waals surface area contributed by atoms with Crippen LogP contribution in [0.4, 0.5) is 5.69 Å². The Morgan fingerprint density at radius 1 is 0.970 bits per heavy atom. The number of carbonyl (C=O) groups is 2. The molecule has 0 atom stereocenters. The molecule has 1 saturated heterocycles. The van der Waals surface area contributed by atoms with Gasteiger partial charge in [-0.25, -0.2) is 0 Å². The summed E-state index contributed by atoms with van der Waals surface area (Å²) >= 11 is 0. The Morgan fingerprint density at radius 3 is 2.21 bits per heavy atom. The van der Waals surface area contributed by atoms with Gasteiger partial charge >= 0.3 is 0 Å². The third kappa shape index (κ3) is 5.83. The summed E-state index contributed by atoms with van der Waals surface area (Å²) in [5.74, 6) is -0.447. The molecule has 0 aliphatic carbocycles. The van der Waals surface area contributed by atoms with Crippen LogP contribution < -0.4 is 15.6 Å². The standard InChI is InChI=1S/C26H36N4O3/c1-17(2)14-28-15-21(25(32)27-18(3)4)24(31)22(16-28)26(33)30-11-9-29(10-12-30)23-13-19(5)7-8-20(23)6/h7-8,13,15-18H,9-12,14H2,1-6H3,(H,27,32). The minimum absolute atomic E-state index is 0.0178. The van der Waals surface area contributed by atoms with Crippen molar-refractivity contribution in [1.29, 1.82) is 0 Å². The molecule has 1 aliphatic heterocycles. The van der Waals surface area contributed by atoms with E-state index in [1.165, 1.54) is 16.8 Å². The van der Waals surface area contributed by atoms with Crippen molar-refractivity contribution in [2.75, 3.05) is 31.1 Å². The average molecular weight is 453 g/mol. The lowest BCUT2D eigenvalue weighted by molar-refractivity contribution is 0.0744. The van der Waals surface area contributed by atoms with Gasteiger partial charge in [-0.2, -0.15) is 0 Å². The number of nitrogens with zero attached hydrogens (tertiary/aromatic N) is 3. The van der Waals surface area contributed by atoms with Crippen LogP contribution in [0.15, 0.2) is 35.4 Å². The summed E-state index contributed by atoms with van der Waals surface area (Å²) in [5, 5.41) is 2.78. The molecule has 2 amide bonds. The van der Waals surface area contributed by atoms with Crippen molar-refractivity contribution in [3.63, 3.8) is 0 Å². The van der Waals surface area contributed by atoms with Crippen molar-refractivity contribution < 1.29 is 9.59 Å². The van der Waals surface area contributed by atoms with Gasteiger partial charge in [0.1, 0.15) is 11.1 Å². The number of nitrogens with one attached hydrogen (secondary N) is 1. The molecule has 7 nitrogen and oxygen atoms in total. The summed E-state index contributed by atoms with van der Waals surface area (Å²) in [4.78, 5) is 43.2. The highest BCUT2D eigenvalue weighted by molar-refractivity contribution is 5.99. The predicted molar refractivity (Wildman–Crippen MR) is 132 cm³/mol. The van der Waals surface area contributed by atoms with Gasteiger partial charge in [0, 0.05) is 56.8 Å². The number of benzene rings is 1. The Kier molecular flexibility index (Phi) is 7.61. The molecule has 1 aromatic carbocycles. The van der Waals surface area contributed by atoms with Crippen LogP contribution in [0.1, 0.15) is 59.5 Å². The highest BCUT2D eigenvalue weighted by Gasteiger charge is 2.27. The highest BCUT2D eigenvalue weighted by atomic mass is 16.2. The minimum atomic E-state index is -0.505. The van der Waals surface area contributed by atoms with Gasteiger partial charge < -0.3 is 19.7 Å². The van der Waals surface area contributed by atoms with E-state index in [1.54, 1.807) is 21.9 Å². The summed E-state index contributed by atoms with van der Waals surface area (Å²) in [6.45, 7) is 15.0. The quantitative estimate of drug-likeness (QED) is 0.730. The Hall–Kier alpha value is -3.09. The second kappa shape index (κ2) is 10.2. The maximum absolute atomic E-state index is 13.4. The predicted octanol–water partition coefficient (Wildman–Crippen LogP) is 3.22. The Balaban J connectivity index is 1.85. The van der Waals surface area contributed by atoms with Gasteiger partial charge in [0.05, 0.1) is 0 Å². The van der Waals surface area contributed by atoms with Crippen molar-refractivity contribution in [2.24, 2.45) is 5.92 Å². The monoisotopic (exact) mass is 452 g/mol. The molecule has 1 N–H and O–H groups in total. The van der Waals surface area contributed by atoms with E-state index in [4.69, 9.17) is 0 Å². The number of piperazine rings is 1. The second-order valence-electron chi connectivity index (χ2n) is 9.70. The van der Waals surface area contributed by atoms with Gasteiger partial charge in [-0.1, -0.05) is 26.0 Å². The summed E-state index contributed by atoms with van der Waals surface area (Å²) < 4.78 is 1.79. The van der Waals surface area contributed by atoms with Crippen LogP contribution in [0.2, 0.25) is 0 Å². The van der Waals surface area contributed by atoms with Crippen LogP contribution in [0.5, 0.6) is 0 Å². The van der Waals surface area contributed by atoms with Crippen molar-refractivity contribution >= 4 is 17.5 Å². The first-order chi connectivity index (χ1) is 15.6. The van der Waals surface area contributed by atoms with Crippen LogP contribution in [0.3, 0.4) is 0 Å². The van der Waals surface area contributed by atoms with E-state index < -0.39 is 11.3 Å². The number of hydrogen-bond donors (Lipinski definition) is 1. The molecule has 7 heteroatoms. The fourth-order valence-corrected chi connectivity index (χ4v) is 4.19. The molecule has 0 bridgehead atoms. The molecular formula is C26H36N4O3. The largest absolute Gasteiger partial charge is 0.368 e. The molecule has 2 heterocycles. The molecule has 1 fully saturated rings. The van der Waals surface area contributed by atoms with Gasteiger partial charge in [0.2, 0.25) is 5.43 Å². The van der Waals surface area contributed by atoms with Crippen molar-refractivity contribution in [3.05, 3.63) is 63.1 Å². The zero-order valence-electron chi connectivity index (χ0n) is 20.6. The molecule has 1 aromatic heterocycles. The van der Waals surface area contributed by atoms with E-state index in [9.17, 15) is 14.4 Å². The van der Waals surface area contributed by atoms with E-state index >= 15 is 0 Å². The number of aryl methyl sites for hydroxylation is 2. The van der Waals surface area contributed by atoms with Crippen molar-refractivity contribution in [2.45, 2.75) is 54.1 Å². The lowest BCUT2D eigenvalue weighted by Gasteiger charge is -2.37. The van der Waals surface area contributed by atoms with E-state index in [2.05, 4.69) is 56.1 Å². The van der Waals surface area contributed by atoms with Crippen LogP contribution in [0.25, 0.3) is 0 Å². The van der Waals surface area contributed by atoms with Gasteiger partial charge in [0.25, 0.3) is 11.8 Å². The SMILES string of the molecule is Cc1ccc(C)c(N2CCN(C(=O)c3cn(CC(C)C)cc(C(=O)NC(C)C)c3=O)CC2)c1. The minimum Gasteiger partial charge on any atom is -0.368 e. The van der Waals surface area contributed by atoms with Gasteiger partial charge in [-0.05, 0) is 50.8 Å². The van der Waals surface area contributed by atoms with Crippen LogP contribution in [-0.2, 0) is 6.54 Å². The highest BCUT2D eigenvalue weighted by Crippen LogP contribution is 2.23. The van der Waals surface area contributed by atoms with Crippen LogP contribution in [-0.4, -0.2) is 53.5 Å². The fraction of sp³-hybridized carbons (Fsp3) is 0.500. The third-order valence-corrected chi connectivity index (χ3v) is 5.82. The molecule has 0 saturated carbocycles. The van der Waals surface area contributed by atoms with Gasteiger partial charge in [-0.3, -0.25) is 14.4 Å². The van der Waals surface area contributed by atoms with E-state index in [0.717, 1.165) is 0 Å². The molecule has 1 aliphatic rings. The molecule has 0 radical (unpaired) electrons. The van der Waals surface area contributed by atoms with Gasteiger partial charge in [0.15, 0.2) is 0 Å². The summed E-state index contributed by atoms with van der Waals surface area (Å²) in [6, 6.07) is 6.29. The van der Waals surface area contributed by atoms with E-state index in [1.807, 2.05) is 13.8 Å². The second-order valence-corrected chi connectivity index (χ2v) is 9.70. The first-order valence-electron chi connectivity index (χ1n) is 11.7. The first-order valence-corrected chi connectivity index (χ1v) is 11.7. The number of hydrogen-bond acceptors (Lipinski definition) is 4. The smallest absolute Gasteiger partial charge is 0.259 e. The van der Waals surface area contributed by atoms with Gasteiger partial charge in [-0.15, -0.1) is 0 Å². The Bertz CT molecular complexity index is 1080. The zero-order valence-corrected chi connectivity index (χ0v) is 20.6. The number of aromatic nitrogens is 1. The molecule has 0 spiro atoms. The maximum atomic E-state index is 13.4.